The maximum atomic E-state index is 6.27. The van der Waals surface area contributed by atoms with Crippen molar-refractivity contribution in [2.75, 3.05) is 0 Å². The number of fused-ring (bicyclic) bond motifs is 3. The quantitative estimate of drug-likeness (QED) is 0.409. The number of furan rings is 1. The van der Waals surface area contributed by atoms with E-state index in [1.165, 1.54) is 21.9 Å². The number of pyridine rings is 1. The largest absolute Gasteiger partial charge is 0.455 e. The van der Waals surface area contributed by atoms with Crippen LogP contribution in [0.3, 0.4) is 0 Å². The van der Waals surface area contributed by atoms with Crippen molar-refractivity contribution in [1.29, 1.82) is 0 Å². The molecule has 2 aromatic heterocycles. The minimum absolute atomic E-state index is 0.439. The SMILES string of the molecule is CC(C)c1ccc(-c2ccc(C(C)C)c3c2oc2ccccc23)nc1. The van der Waals surface area contributed by atoms with Gasteiger partial charge in [0.05, 0.1) is 5.69 Å². The van der Waals surface area contributed by atoms with Gasteiger partial charge in [0.1, 0.15) is 11.2 Å². The Balaban J connectivity index is 2.00. The van der Waals surface area contributed by atoms with Crippen LogP contribution in [0.15, 0.2) is 59.1 Å². The van der Waals surface area contributed by atoms with Gasteiger partial charge in [0.15, 0.2) is 0 Å². The molecule has 4 rings (SSSR count). The monoisotopic (exact) mass is 329 g/mol. The summed E-state index contributed by atoms with van der Waals surface area (Å²) in [4.78, 5) is 4.71. The summed E-state index contributed by atoms with van der Waals surface area (Å²) in [5, 5.41) is 2.40. The van der Waals surface area contributed by atoms with Gasteiger partial charge in [-0.25, -0.2) is 0 Å². The standard InChI is InChI=1S/C23H23NO/c1-14(2)16-9-12-20(24-13-16)18-11-10-17(15(3)4)22-19-7-5-6-8-21(19)25-23(18)22/h5-15H,1-4H3. The van der Waals surface area contributed by atoms with Gasteiger partial charge >= 0.3 is 0 Å². The molecule has 0 aliphatic heterocycles. The lowest BCUT2D eigenvalue weighted by Gasteiger charge is -2.11. The van der Waals surface area contributed by atoms with E-state index in [2.05, 4.69) is 64.1 Å². The highest BCUT2D eigenvalue weighted by Crippen LogP contribution is 2.39. The van der Waals surface area contributed by atoms with Crippen LogP contribution in [-0.4, -0.2) is 4.98 Å². The molecule has 0 aliphatic carbocycles. The third-order valence-corrected chi connectivity index (χ3v) is 4.91. The van der Waals surface area contributed by atoms with Gasteiger partial charge in [-0.05, 0) is 41.2 Å². The van der Waals surface area contributed by atoms with E-state index >= 15 is 0 Å². The number of hydrogen-bond donors (Lipinski definition) is 0. The summed E-state index contributed by atoms with van der Waals surface area (Å²) in [6.07, 6.45) is 1.98. The van der Waals surface area contributed by atoms with Crippen LogP contribution in [0, 0.1) is 0 Å². The molecule has 0 saturated carbocycles. The molecule has 0 aliphatic rings. The molecule has 0 spiro atoms. The van der Waals surface area contributed by atoms with Gasteiger partial charge in [-0.3, -0.25) is 4.98 Å². The first-order valence-corrected chi connectivity index (χ1v) is 8.96. The second-order valence-corrected chi connectivity index (χ2v) is 7.29. The summed E-state index contributed by atoms with van der Waals surface area (Å²) in [5.41, 5.74) is 6.48. The van der Waals surface area contributed by atoms with Crippen molar-refractivity contribution in [2.45, 2.75) is 39.5 Å². The van der Waals surface area contributed by atoms with Gasteiger partial charge in [-0.15, -0.1) is 0 Å². The smallest absolute Gasteiger partial charge is 0.145 e. The van der Waals surface area contributed by atoms with E-state index in [-0.39, 0.29) is 0 Å². The van der Waals surface area contributed by atoms with Crippen molar-refractivity contribution in [3.63, 3.8) is 0 Å². The summed E-state index contributed by atoms with van der Waals surface area (Å²) in [6.45, 7) is 8.83. The minimum atomic E-state index is 0.439. The van der Waals surface area contributed by atoms with Crippen molar-refractivity contribution in [3.05, 3.63) is 65.9 Å². The van der Waals surface area contributed by atoms with Gasteiger partial charge in [-0.2, -0.15) is 0 Å². The van der Waals surface area contributed by atoms with Gasteiger partial charge in [0.2, 0.25) is 0 Å². The van der Waals surface area contributed by atoms with E-state index in [9.17, 15) is 0 Å². The molecule has 2 aromatic carbocycles. The van der Waals surface area contributed by atoms with Crippen molar-refractivity contribution in [3.8, 4) is 11.3 Å². The van der Waals surface area contributed by atoms with E-state index in [0.29, 0.717) is 11.8 Å². The number of rotatable bonds is 3. The van der Waals surface area contributed by atoms with Crippen LogP contribution >= 0.6 is 0 Å². The molecule has 0 unspecified atom stereocenters. The maximum absolute atomic E-state index is 6.27. The van der Waals surface area contributed by atoms with Crippen molar-refractivity contribution in [2.24, 2.45) is 0 Å². The predicted octanol–water partition coefficient (Wildman–Crippen LogP) is 6.89. The second-order valence-electron chi connectivity index (χ2n) is 7.29. The molecule has 4 aromatic rings. The van der Waals surface area contributed by atoms with Gasteiger partial charge < -0.3 is 4.42 Å². The van der Waals surface area contributed by atoms with Gasteiger partial charge in [-0.1, -0.05) is 58.0 Å². The second kappa shape index (κ2) is 6.03. The third-order valence-electron chi connectivity index (χ3n) is 4.91. The Morgan fingerprint density at radius 2 is 1.64 bits per heavy atom. The fourth-order valence-corrected chi connectivity index (χ4v) is 3.44. The molecule has 0 amide bonds. The Bertz CT molecular complexity index is 1040. The zero-order valence-corrected chi connectivity index (χ0v) is 15.2. The Kier molecular flexibility index (Phi) is 3.84. The number of hydrogen-bond acceptors (Lipinski definition) is 2. The molecule has 2 heteroatoms. The summed E-state index contributed by atoms with van der Waals surface area (Å²) in [5.74, 6) is 0.921. The molecule has 0 bridgehead atoms. The molecule has 0 fully saturated rings. The molecule has 0 atom stereocenters. The van der Waals surface area contributed by atoms with Crippen LogP contribution in [0.4, 0.5) is 0 Å². The predicted molar refractivity (Wildman–Crippen MR) is 105 cm³/mol. The first-order valence-electron chi connectivity index (χ1n) is 8.96. The molecule has 0 N–H and O–H groups in total. The lowest BCUT2D eigenvalue weighted by Crippen LogP contribution is -1.93. The lowest BCUT2D eigenvalue weighted by atomic mass is 9.94. The van der Waals surface area contributed by atoms with Crippen LogP contribution in [0.1, 0.15) is 50.7 Å². The average molecular weight is 329 g/mol. The van der Waals surface area contributed by atoms with E-state index < -0.39 is 0 Å². The molecule has 126 valence electrons. The average Bonchev–Trinajstić information content (AvgIpc) is 3.00. The van der Waals surface area contributed by atoms with Gasteiger partial charge in [0.25, 0.3) is 0 Å². The van der Waals surface area contributed by atoms with E-state index in [0.717, 1.165) is 22.4 Å². The molecular formula is C23H23NO. The van der Waals surface area contributed by atoms with E-state index in [4.69, 9.17) is 9.40 Å². The third kappa shape index (κ3) is 2.62. The summed E-state index contributed by atoms with van der Waals surface area (Å²) < 4.78 is 6.27. The Morgan fingerprint density at radius 3 is 2.32 bits per heavy atom. The Morgan fingerprint density at radius 1 is 0.840 bits per heavy atom. The Hall–Kier alpha value is -2.61. The molecule has 2 heterocycles. The van der Waals surface area contributed by atoms with Crippen molar-refractivity contribution >= 4 is 21.9 Å². The minimum Gasteiger partial charge on any atom is -0.455 e. The highest BCUT2D eigenvalue weighted by Gasteiger charge is 2.17. The Labute approximate surface area is 148 Å². The molecule has 25 heavy (non-hydrogen) atoms. The fraction of sp³-hybridized carbons (Fsp3) is 0.261. The molecule has 0 saturated heterocycles. The number of aromatic nitrogens is 1. The van der Waals surface area contributed by atoms with E-state index in [1.54, 1.807) is 0 Å². The normalized spacial score (nSPS) is 11.9. The first kappa shape index (κ1) is 15.9. The van der Waals surface area contributed by atoms with Crippen LogP contribution in [0.5, 0.6) is 0 Å². The first-order chi connectivity index (χ1) is 12.1. The summed E-state index contributed by atoms with van der Waals surface area (Å²) >= 11 is 0. The fourth-order valence-electron chi connectivity index (χ4n) is 3.44. The number of para-hydroxylation sites is 1. The number of nitrogens with zero attached hydrogens (tertiary/aromatic N) is 1. The number of benzene rings is 2. The van der Waals surface area contributed by atoms with Crippen molar-refractivity contribution < 1.29 is 4.42 Å². The zero-order chi connectivity index (χ0) is 17.6. The summed E-state index contributed by atoms with van der Waals surface area (Å²) in [6, 6.07) is 16.9. The highest BCUT2D eigenvalue weighted by molar-refractivity contribution is 6.11. The van der Waals surface area contributed by atoms with Crippen LogP contribution < -0.4 is 0 Å². The molecule has 0 radical (unpaired) electrons. The van der Waals surface area contributed by atoms with Crippen LogP contribution in [0.2, 0.25) is 0 Å². The molecular weight excluding hydrogens is 306 g/mol. The summed E-state index contributed by atoms with van der Waals surface area (Å²) in [7, 11) is 0. The van der Waals surface area contributed by atoms with Crippen LogP contribution in [0.25, 0.3) is 33.2 Å². The van der Waals surface area contributed by atoms with Crippen LogP contribution in [-0.2, 0) is 0 Å². The van der Waals surface area contributed by atoms with Gasteiger partial charge in [0, 0.05) is 22.5 Å². The highest BCUT2D eigenvalue weighted by atomic mass is 16.3. The zero-order valence-electron chi connectivity index (χ0n) is 15.2. The lowest BCUT2D eigenvalue weighted by molar-refractivity contribution is 0.669. The topological polar surface area (TPSA) is 26.0 Å². The van der Waals surface area contributed by atoms with E-state index in [1.807, 2.05) is 18.3 Å². The van der Waals surface area contributed by atoms with Crippen molar-refractivity contribution in [1.82, 2.24) is 4.98 Å². The molecule has 2 nitrogen and oxygen atoms in total. The maximum Gasteiger partial charge on any atom is 0.145 e.